The fraction of sp³-hybridized carbons (Fsp3) is 0.174. The predicted molar refractivity (Wildman–Crippen MR) is 128 cm³/mol. The third-order valence-electron chi connectivity index (χ3n) is 4.69. The molecule has 156 valence electrons. The Bertz CT molecular complexity index is 1100. The van der Waals surface area contributed by atoms with Crippen LogP contribution in [0.15, 0.2) is 83.8 Å². The van der Waals surface area contributed by atoms with Gasteiger partial charge in [-0.3, -0.25) is 9.10 Å². The maximum atomic E-state index is 13.3. The number of rotatable bonds is 7. The second-order valence-electron chi connectivity index (χ2n) is 7.00. The summed E-state index contributed by atoms with van der Waals surface area (Å²) in [5.74, 6) is -0.374. The van der Waals surface area contributed by atoms with Crippen LogP contribution in [0.5, 0.6) is 0 Å². The van der Waals surface area contributed by atoms with Crippen LogP contribution in [0.2, 0.25) is 0 Å². The Labute approximate surface area is 191 Å². The normalized spacial score (nSPS) is 12.2. The van der Waals surface area contributed by atoms with Crippen molar-refractivity contribution in [3.8, 4) is 0 Å². The summed E-state index contributed by atoms with van der Waals surface area (Å²) in [4.78, 5) is 12.9. The van der Waals surface area contributed by atoms with Crippen LogP contribution in [-0.2, 0) is 14.8 Å². The number of nitrogens with zero attached hydrogens (tertiary/aromatic N) is 1. The molecule has 0 bridgehead atoms. The molecule has 0 fully saturated rings. The van der Waals surface area contributed by atoms with Crippen molar-refractivity contribution in [1.29, 1.82) is 0 Å². The minimum atomic E-state index is -3.90. The first kappa shape index (κ1) is 22.3. The highest BCUT2D eigenvalue weighted by molar-refractivity contribution is 14.1. The van der Waals surface area contributed by atoms with E-state index in [4.69, 9.17) is 0 Å². The van der Waals surface area contributed by atoms with Gasteiger partial charge in [-0.25, -0.2) is 8.42 Å². The molecule has 3 aromatic rings. The van der Waals surface area contributed by atoms with Crippen molar-refractivity contribution in [3.63, 3.8) is 0 Å². The summed E-state index contributed by atoms with van der Waals surface area (Å²) in [7, 11) is -3.90. The van der Waals surface area contributed by atoms with Crippen LogP contribution in [0.4, 0.5) is 5.69 Å². The van der Waals surface area contributed by atoms with Gasteiger partial charge in [0, 0.05) is 3.57 Å². The Kier molecular flexibility index (Phi) is 7.14. The number of sulfonamides is 1. The van der Waals surface area contributed by atoms with Crippen molar-refractivity contribution in [3.05, 3.63) is 93.6 Å². The highest BCUT2D eigenvalue weighted by atomic mass is 127. The molecule has 1 unspecified atom stereocenters. The monoisotopic (exact) mass is 534 g/mol. The predicted octanol–water partition coefficient (Wildman–Crippen LogP) is 4.67. The van der Waals surface area contributed by atoms with Crippen molar-refractivity contribution >= 4 is 44.2 Å². The van der Waals surface area contributed by atoms with Crippen molar-refractivity contribution in [2.24, 2.45) is 0 Å². The molecule has 0 radical (unpaired) electrons. The van der Waals surface area contributed by atoms with E-state index in [1.54, 1.807) is 30.3 Å². The van der Waals surface area contributed by atoms with E-state index in [0.29, 0.717) is 5.69 Å². The Morgan fingerprint density at radius 3 is 2.17 bits per heavy atom. The lowest BCUT2D eigenvalue weighted by molar-refractivity contribution is -0.120. The third-order valence-corrected chi connectivity index (χ3v) is 7.20. The molecule has 0 spiro atoms. The molecule has 3 aromatic carbocycles. The molecule has 7 heteroatoms. The molecule has 1 atom stereocenters. The van der Waals surface area contributed by atoms with Gasteiger partial charge in [-0.15, -0.1) is 0 Å². The standard InChI is InChI=1S/C23H23IN2O3S/c1-17-8-10-19(11-9-17)18(2)25-23(27)16-26(21-14-12-20(24)13-15-21)30(28,29)22-6-4-3-5-7-22/h3-15,18H,16H2,1-2H3,(H,25,27). The SMILES string of the molecule is Cc1ccc(C(C)NC(=O)CN(c2ccc(I)cc2)S(=O)(=O)c2ccccc2)cc1. The molecule has 1 amide bonds. The third kappa shape index (κ3) is 5.40. The van der Waals surface area contributed by atoms with Crippen LogP contribution >= 0.6 is 22.6 Å². The summed E-state index contributed by atoms with van der Waals surface area (Å²) in [5, 5.41) is 2.90. The number of nitrogens with one attached hydrogen (secondary N) is 1. The molecule has 5 nitrogen and oxygen atoms in total. The van der Waals surface area contributed by atoms with Gasteiger partial charge in [0.2, 0.25) is 5.91 Å². The number of hydrogen-bond acceptors (Lipinski definition) is 3. The van der Waals surface area contributed by atoms with Gasteiger partial charge in [0.1, 0.15) is 6.54 Å². The zero-order chi connectivity index (χ0) is 21.7. The lowest BCUT2D eigenvalue weighted by Crippen LogP contribution is -2.41. The topological polar surface area (TPSA) is 66.5 Å². The quantitative estimate of drug-likeness (QED) is 0.448. The zero-order valence-corrected chi connectivity index (χ0v) is 19.7. The molecule has 0 aliphatic rings. The number of halogens is 1. The highest BCUT2D eigenvalue weighted by Gasteiger charge is 2.27. The number of benzene rings is 3. The maximum absolute atomic E-state index is 13.3. The van der Waals surface area contributed by atoms with Crippen LogP contribution in [0, 0.1) is 10.5 Å². The molecule has 0 aliphatic carbocycles. The van der Waals surface area contributed by atoms with Gasteiger partial charge in [0.05, 0.1) is 16.6 Å². The van der Waals surface area contributed by atoms with Crippen LogP contribution in [-0.4, -0.2) is 20.9 Å². The number of anilines is 1. The van der Waals surface area contributed by atoms with Crippen LogP contribution in [0.1, 0.15) is 24.1 Å². The van der Waals surface area contributed by atoms with Crippen LogP contribution in [0.25, 0.3) is 0 Å². The number of hydrogen-bond donors (Lipinski definition) is 1. The molecule has 0 aliphatic heterocycles. The number of carbonyl (C=O) groups is 1. The van der Waals surface area contributed by atoms with E-state index in [1.807, 2.05) is 50.2 Å². The fourth-order valence-electron chi connectivity index (χ4n) is 3.00. The largest absolute Gasteiger partial charge is 0.348 e. The van der Waals surface area contributed by atoms with Crippen LogP contribution < -0.4 is 9.62 Å². The fourth-order valence-corrected chi connectivity index (χ4v) is 4.80. The minimum absolute atomic E-state index is 0.142. The van der Waals surface area contributed by atoms with Gasteiger partial charge in [0.25, 0.3) is 10.0 Å². The molecule has 0 saturated heterocycles. The molecular formula is C23H23IN2O3S. The summed E-state index contributed by atoms with van der Waals surface area (Å²) >= 11 is 2.16. The summed E-state index contributed by atoms with van der Waals surface area (Å²) in [6.45, 7) is 3.57. The minimum Gasteiger partial charge on any atom is -0.348 e. The van der Waals surface area contributed by atoms with E-state index in [0.717, 1.165) is 19.0 Å². The molecule has 1 N–H and O–H groups in total. The van der Waals surface area contributed by atoms with E-state index in [2.05, 4.69) is 27.9 Å². The summed E-state index contributed by atoms with van der Waals surface area (Å²) in [6.07, 6.45) is 0. The Morgan fingerprint density at radius 1 is 0.967 bits per heavy atom. The molecule has 30 heavy (non-hydrogen) atoms. The zero-order valence-electron chi connectivity index (χ0n) is 16.7. The summed E-state index contributed by atoms with van der Waals surface area (Å²) < 4.78 is 28.7. The molecule has 0 saturated carbocycles. The van der Waals surface area contributed by atoms with Crippen molar-refractivity contribution < 1.29 is 13.2 Å². The Morgan fingerprint density at radius 2 is 1.57 bits per heavy atom. The maximum Gasteiger partial charge on any atom is 0.264 e. The summed E-state index contributed by atoms with van der Waals surface area (Å²) in [5.41, 5.74) is 2.54. The second kappa shape index (κ2) is 9.61. The lowest BCUT2D eigenvalue weighted by atomic mass is 10.1. The Hall–Kier alpha value is -2.39. The highest BCUT2D eigenvalue weighted by Crippen LogP contribution is 2.24. The first-order valence-corrected chi connectivity index (χ1v) is 12.0. The first-order valence-electron chi connectivity index (χ1n) is 9.46. The second-order valence-corrected chi connectivity index (χ2v) is 10.1. The number of carbonyl (C=O) groups excluding carboxylic acids is 1. The van der Waals surface area contributed by atoms with E-state index < -0.39 is 10.0 Å². The van der Waals surface area contributed by atoms with Gasteiger partial charge in [-0.05, 0) is 78.4 Å². The number of aryl methyl sites for hydroxylation is 1. The van der Waals surface area contributed by atoms with Crippen molar-refractivity contribution in [2.75, 3.05) is 10.8 Å². The lowest BCUT2D eigenvalue weighted by Gasteiger charge is -2.25. The van der Waals surface area contributed by atoms with Crippen molar-refractivity contribution in [1.82, 2.24) is 5.32 Å². The molecule has 3 rings (SSSR count). The van der Waals surface area contributed by atoms with Gasteiger partial charge >= 0.3 is 0 Å². The van der Waals surface area contributed by atoms with Gasteiger partial charge in [-0.1, -0.05) is 48.0 Å². The van der Waals surface area contributed by atoms with Gasteiger partial charge in [-0.2, -0.15) is 0 Å². The Balaban J connectivity index is 1.86. The van der Waals surface area contributed by atoms with Gasteiger partial charge in [0.15, 0.2) is 0 Å². The smallest absolute Gasteiger partial charge is 0.264 e. The molecular weight excluding hydrogens is 511 g/mol. The van der Waals surface area contributed by atoms with Crippen LogP contribution in [0.3, 0.4) is 0 Å². The van der Waals surface area contributed by atoms with E-state index in [9.17, 15) is 13.2 Å². The molecule has 0 heterocycles. The average molecular weight is 534 g/mol. The van der Waals surface area contributed by atoms with E-state index in [-0.39, 0.29) is 23.4 Å². The van der Waals surface area contributed by atoms with Gasteiger partial charge < -0.3 is 5.32 Å². The van der Waals surface area contributed by atoms with E-state index >= 15 is 0 Å². The average Bonchev–Trinajstić information content (AvgIpc) is 2.74. The molecule has 0 aromatic heterocycles. The van der Waals surface area contributed by atoms with E-state index in [1.165, 1.54) is 12.1 Å². The number of amides is 1. The first-order chi connectivity index (χ1) is 14.3. The summed E-state index contributed by atoms with van der Waals surface area (Å²) in [6, 6.07) is 22.8. The van der Waals surface area contributed by atoms with Crippen molar-refractivity contribution in [2.45, 2.75) is 24.8 Å².